The van der Waals surface area contributed by atoms with Crippen LogP contribution in [0.2, 0.25) is 0 Å². The van der Waals surface area contributed by atoms with Crippen LogP contribution in [-0.2, 0) is 0 Å². The van der Waals surface area contributed by atoms with E-state index in [0.29, 0.717) is 0 Å². The summed E-state index contributed by atoms with van der Waals surface area (Å²) in [6.45, 7) is 2.10. The highest BCUT2D eigenvalue weighted by Gasteiger charge is 1.87. The van der Waals surface area contributed by atoms with E-state index in [-0.39, 0.29) is 5.82 Å². The first-order valence-electron chi connectivity index (χ1n) is 3.86. The molecule has 0 aliphatic heterocycles. The first kappa shape index (κ1) is 9.33. The number of halogens is 1. The Balaban J connectivity index is 2.58. The molecule has 0 saturated heterocycles. The lowest BCUT2D eigenvalue weighted by Crippen LogP contribution is -1.73. The number of rotatable bonds is 3. The van der Waals surface area contributed by atoms with Crippen LogP contribution >= 0.6 is 11.8 Å². The lowest BCUT2D eigenvalue weighted by atomic mass is 10.2. The Morgan fingerprint density at radius 3 is 2.58 bits per heavy atom. The highest BCUT2D eigenvalue weighted by Crippen LogP contribution is 2.08. The van der Waals surface area contributed by atoms with Crippen molar-refractivity contribution < 1.29 is 4.39 Å². The Labute approximate surface area is 76.5 Å². The topological polar surface area (TPSA) is 0 Å². The van der Waals surface area contributed by atoms with Crippen molar-refractivity contribution in [2.24, 2.45) is 0 Å². The van der Waals surface area contributed by atoms with E-state index < -0.39 is 0 Å². The lowest BCUT2D eigenvalue weighted by Gasteiger charge is -1.91. The molecule has 64 valence electrons. The Morgan fingerprint density at radius 2 is 2.00 bits per heavy atom. The summed E-state index contributed by atoms with van der Waals surface area (Å²) in [5.74, 6) is 0.882. The van der Waals surface area contributed by atoms with E-state index in [0.717, 1.165) is 11.3 Å². The maximum atomic E-state index is 12.4. The molecule has 1 aromatic rings. The van der Waals surface area contributed by atoms with Crippen LogP contribution < -0.4 is 0 Å². The summed E-state index contributed by atoms with van der Waals surface area (Å²) < 4.78 is 12.4. The molecule has 0 fully saturated rings. The molecule has 0 unspecified atom stereocenters. The molecule has 0 amide bonds. The number of thioether (sulfide) groups is 1. The zero-order valence-electron chi connectivity index (χ0n) is 6.96. The van der Waals surface area contributed by atoms with Crippen molar-refractivity contribution in [1.29, 1.82) is 0 Å². The van der Waals surface area contributed by atoms with E-state index in [2.05, 4.69) is 6.92 Å². The van der Waals surface area contributed by atoms with Gasteiger partial charge in [-0.05, 0) is 34.9 Å². The van der Waals surface area contributed by atoms with Crippen LogP contribution in [0.15, 0.2) is 29.7 Å². The Morgan fingerprint density at radius 1 is 1.33 bits per heavy atom. The quantitative estimate of drug-likeness (QED) is 0.689. The normalized spacial score (nSPS) is 10.8. The molecule has 0 saturated carbocycles. The smallest absolute Gasteiger partial charge is 0.123 e. The van der Waals surface area contributed by atoms with Gasteiger partial charge in [0.05, 0.1) is 0 Å². The second kappa shape index (κ2) is 4.99. The molecule has 0 aromatic heterocycles. The van der Waals surface area contributed by atoms with Crippen molar-refractivity contribution >= 4 is 17.8 Å². The third kappa shape index (κ3) is 3.09. The SMILES string of the molecule is CCSC=Cc1ccc(F)cc1. The fourth-order valence-corrected chi connectivity index (χ4v) is 1.24. The van der Waals surface area contributed by atoms with Gasteiger partial charge in [-0.25, -0.2) is 4.39 Å². The molecule has 12 heavy (non-hydrogen) atoms. The van der Waals surface area contributed by atoms with Gasteiger partial charge in [-0.15, -0.1) is 11.8 Å². The number of benzene rings is 1. The maximum absolute atomic E-state index is 12.4. The third-order valence-electron chi connectivity index (χ3n) is 1.39. The third-order valence-corrected chi connectivity index (χ3v) is 2.06. The molecule has 0 N–H and O–H groups in total. The molecule has 0 bridgehead atoms. The molecule has 0 aliphatic rings. The average Bonchev–Trinajstić information content (AvgIpc) is 2.09. The van der Waals surface area contributed by atoms with Gasteiger partial charge >= 0.3 is 0 Å². The number of hydrogen-bond acceptors (Lipinski definition) is 1. The molecule has 0 spiro atoms. The van der Waals surface area contributed by atoms with Crippen LogP contribution in [0.4, 0.5) is 4.39 Å². The first-order valence-corrected chi connectivity index (χ1v) is 4.91. The first-order chi connectivity index (χ1) is 5.83. The summed E-state index contributed by atoms with van der Waals surface area (Å²) >= 11 is 1.73. The van der Waals surface area contributed by atoms with Crippen molar-refractivity contribution in [3.63, 3.8) is 0 Å². The molecule has 0 aliphatic carbocycles. The monoisotopic (exact) mass is 182 g/mol. The minimum absolute atomic E-state index is 0.185. The van der Waals surface area contributed by atoms with Gasteiger partial charge in [0.25, 0.3) is 0 Å². The lowest BCUT2D eigenvalue weighted by molar-refractivity contribution is 0.628. The van der Waals surface area contributed by atoms with Gasteiger partial charge in [0.1, 0.15) is 5.82 Å². The zero-order valence-corrected chi connectivity index (χ0v) is 7.77. The van der Waals surface area contributed by atoms with Crippen LogP contribution in [0, 0.1) is 5.82 Å². The largest absolute Gasteiger partial charge is 0.207 e. The van der Waals surface area contributed by atoms with Gasteiger partial charge < -0.3 is 0 Å². The van der Waals surface area contributed by atoms with E-state index in [4.69, 9.17) is 0 Å². The van der Waals surface area contributed by atoms with Crippen LogP contribution in [0.3, 0.4) is 0 Å². The molecule has 0 atom stereocenters. The van der Waals surface area contributed by atoms with Gasteiger partial charge in [0.15, 0.2) is 0 Å². The molecular formula is C10H11FS. The minimum atomic E-state index is -0.185. The number of hydrogen-bond donors (Lipinski definition) is 0. The van der Waals surface area contributed by atoms with E-state index in [1.54, 1.807) is 23.9 Å². The maximum Gasteiger partial charge on any atom is 0.123 e. The second-order valence-corrected chi connectivity index (χ2v) is 3.49. The van der Waals surface area contributed by atoms with Crippen molar-refractivity contribution in [2.75, 3.05) is 5.75 Å². The molecule has 0 heterocycles. The van der Waals surface area contributed by atoms with Crippen molar-refractivity contribution in [3.05, 3.63) is 41.1 Å². The van der Waals surface area contributed by atoms with E-state index in [9.17, 15) is 4.39 Å². The van der Waals surface area contributed by atoms with E-state index in [1.165, 1.54) is 12.1 Å². The molecule has 1 rings (SSSR count). The summed E-state index contributed by atoms with van der Waals surface area (Å²) in [7, 11) is 0. The van der Waals surface area contributed by atoms with Crippen molar-refractivity contribution in [3.8, 4) is 0 Å². The standard InChI is InChI=1S/C10H11FS/c1-2-12-8-7-9-3-5-10(11)6-4-9/h3-8H,2H2,1H3. The van der Waals surface area contributed by atoms with Crippen molar-refractivity contribution in [2.45, 2.75) is 6.92 Å². The molecule has 0 radical (unpaired) electrons. The van der Waals surface area contributed by atoms with Gasteiger partial charge in [-0.2, -0.15) is 0 Å². The fourth-order valence-electron chi connectivity index (χ4n) is 0.797. The summed E-state index contributed by atoms with van der Waals surface area (Å²) in [5.41, 5.74) is 1.04. The highest BCUT2D eigenvalue weighted by molar-refractivity contribution is 8.02. The Kier molecular flexibility index (Phi) is 3.88. The molecular weight excluding hydrogens is 171 g/mol. The van der Waals surface area contributed by atoms with Gasteiger partial charge in [-0.1, -0.05) is 19.1 Å². The van der Waals surface area contributed by atoms with E-state index >= 15 is 0 Å². The predicted molar refractivity (Wildman–Crippen MR) is 53.6 cm³/mol. The fraction of sp³-hybridized carbons (Fsp3) is 0.200. The van der Waals surface area contributed by atoms with Crippen LogP contribution in [0.1, 0.15) is 12.5 Å². The molecule has 1 aromatic carbocycles. The predicted octanol–water partition coefficient (Wildman–Crippen LogP) is 3.55. The van der Waals surface area contributed by atoms with Crippen LogP contribution in [0.5, 0.6) is 0 Å². The van der Waals surface area contributed by atoms with E-state index in [1.807, 2.05) is 11.5 Å². The summed E-state index contributed by atoms with van der Waals surface area (Å²) in [4.78, 5) is 0. The van der Waals surface area contributed by atoms with Gasteiger partial charge in [0, 0.05) is 0 Å². The molecule has 0 nitrogen and oxygen atoms in total. The van der Waals surface area contributed by atoms with Crippen LogP contribution in [0.25, 0.3) is 6.08 Å². The highest BCUT2D eigenvalue weighted by atomic mass is 32.2. The van der Waals surface area contributed by atoms with Crippen LogP contribution in [-0.4, -0.2) is 5.75 Å². The summed E-state index contributed by atoms with van der Waals surface area (Å²) in [6, 6.07) is 6.47. The summed E-state index contributed by atoms with van der Waals surface area (Å²) in [6.07, 6.45) is 1.98. The minimum Gasteiger partial charge on any atom is -0.207 e. The van der Waals surface area contributed by atoms with Gasteiger partial charge in [0.2, 0.25) is 0 Å². The second-order valence-electron chi connectivity index (χ2n) is 2.31. The zero-order chi connectivity index (χ0) is 8.81. The van der Waals surface area contributed by atoms with Gasteiger partial charge in [-0.3, -0.25) is 0 Å². The summed E-state index contributed by atoms with van der Waals surface area (Å²) in [5, 5.41) is 2.02. The average molecular weight is 182 g/mol. The van der Waals surface area contributed by atoms with Crippen molar-refractivity contribution in [1.82, 2.24) is 0 Å². The molecule has 2 heteroatoms. The Bertz CT molecular complexity index is 251. The Hall–Kier alpha value is -0.760.